The van der Waals surface area contributed by atoms with Crippen molar-refractivity contribution in [2.24, 2.45) is 0 Å². The molecule has 30 heavy (non-hydrogen) atoms. The van der Waals surface area contributed by atoms with E-state index in [9.17, 15) is 18.0 Å². The molecule has 1 aromatic carbocycles. The molecule has 0 atom stereocenters. The second-order valence-corrected chi connectivity index (χ2v) is 7.42. The van der Waals surface area contributed by atoms with Gasteiger partial charge in [0.05, 0.1) is 12.2 Å². The van der Waals surface area contributed by atoms with Gasteiger partial charge >= 0.3 is 6.18 Å². The van der Waals surface area contributed by atoms with Crippen LogP contribution in [0.15, 0.2) is 41.2 Å². The molecule has 7 nitrogen and oxygen atoms in total. The number of nitrogens with zero attached hydrogens (tertiary/aromatic N) is 6. The van der Waals surface area contributed by atoms with Gasteiger partial charge in [0, 0.05) is 18.0 Å². The number of hydrogen-bond acceptors (Lipinski definition) is 5. The van der Waals surface area contributed by atoms with Crippen molar-refractivity contribution in [3.05, 3.63) is 58.0 Å². The zero-order chi connectivity index (χ0) is 21.1. The number of tetrazole rings is 1. The van der Waals surface area contributed by atoms with Gasteiger partial charge in [-0.1, -0.05) is 30.3 Å². The number of unbranched alkanes of at least 4 members (excludes halogenated alkanes) is 2. The fourth-order valence-corrected chi connectivity index (χ4v) is 3.23. The Bertz CT molecular complexity index is 1060. The lowest BCUT2D eigenvalue weighted by Gasteiger charge is -2.12. The number of rotatable bonds is 8. The SMILES string of the molecule is O=c1c(C(F)(F)F)cc(C2CC2)nn1CCCCCn1nnc(-c2ccccc2)n1. The minimum absolute atomic E-state index is 0.0372. The summed E-state index contributed by atoms with van der Waals surface area (Å²) in [5.41, 5.74) is -0.954. The van der Waals surface area contributed by atoms with Crippen LogP contribution in [0.25, 0.3) is 11.4 Å². The second-order valence-electron chi connectivity index (χ2n) is 7.42. The first-order valence-corrected chi connectivity index (χ1v) is 9.94. The molecule has 158 valence electrons. The zero-order valence-corrected chi connectivity index (χ0v) is 16.2. The Labute approximate surface area is 170 Å². The van der Waals surface area contributed by atoms with Crippen molar-refractivity contribution in [2.75, 3.05) is 0 Å². The van der Waals surface area contributed by atoms with Crippen LogP contribution in [0.2, 0.25) is 0 Å². The number of alkyl halides is 3. The third kappa shape index (κ3) is 4.74. The molecule has 0 amide bonds. The Morgan fingerprint density at radius 1 is 1.00 bits per heavy atom. The molecular weight excluding hydrogens is 397 g/mol. The van der Waals surface area contributed by atoms with Crippen LogP contribution in [0.3, 0.4) is 0 Å². The number of aryl methyl sites for hydroxylation is 2. The van der Waals surface area contributed by atoms with E-state index in [0.29, 0.717) is 37.3 Å². The van der Waals surface area contributed by atoms with Crippen molar-refractivity contribution in [3.8, 4) is 11.4 Å². The molecule has 1 saturated carbocycles. The highest BCUT2D eigenvalue weighted by Gasteiger charge is 2.37. The van der Waals surface area contributed by atoms with Crippen LogP contribution in [0, 0.1) is 0 Å². The van der Waals surface area contributed by atoms with Gasteiger partial charge in [0.15, 0.2) is 0 Å². The summed E-state index contributed by atoms with van der Waals surface area (Å²) in [7, 11) is 0. The molecular formula is C20H21F3N6O. The van der Waals surface area contributed by atoms with Crippen molar-refractivity contribution in [1.82, 2.24) is 30.0 Å². The first-order valence-electron chi connectivity index (χ1n) is 9.94. The van der Waals surface area contributed by atoms with Gasteiger partial charge in [-0.05, 0) is 43.4 Å². The van der Waals surface area contributed by atoms with Crippen LogP contribution in [0.5, 0.6) is 0 Å². The predicted octanol–water partition coefficient (Wildman–Crippen LogP) is 3.66. The summed E-state index contributed by atoms with van der Waals surface area (Å²) in [6.45, 7) is 0.695. The van der Waals surface area contributed by atoms with E-state index < -0.39 is 17.3 Å². The lowest BCUT2D eigenvalue weighted by atomic mass is 10.2. The Morgan fingerprint density at radius 2 is 1.73 bits per heavy atom. The molecule has 0 radical (unpaired) electrons. The molecule has 0 saturated heterocycles. The third-order valence-corrected chi connectivity index (χ3v) is 5.01. The average Bonchev–Trinajstić information content (AvgIpc) is 3.46. The normalized spacial score (nSPS) is 14.2. The monoisotopic (exact) mass is 418 g/mol. The van der Waals surface area contributed by atoms with Gasteiger partial charge in [-0.25, -0.2) is 4.68 Å². The summed E-state index contributed by atoms with van der Waals surface area (Å²) < 4.78 is 40.5. The molecule has 1 fully saturated rings. The van der Waals surface area contributed by atoms with E-state index in [1.807, 2.05) is 30.3 Å². The van der Waals surface area contributed by atoms with Gasteiger partial charge in [-0.3, -0.25) is 4.79 Å². The molecule has 0 spiro atoms. The van der Waals surface area contributed by atoms with E-state index in [4.69, 9.17) is 0 Å². The Kier molecular flexibility index (Phi) is 5.65. The number of halogens is 3. The molecule has 0 bridgehead atoms. The smallest absolute Gasteiger partial charge is 0.267 e. The maximum Gasteiger partial charge on any atom is 0.421 e. The van der Waals surface area contributed by atoms with Gasteiger partial charge in [-0.15, -0.1) is 10.2 Å². The molecule has 2 heterocycles. The number of aromatic nitrogens is 6. The quantitative estimate of drug-likeness (QED) is 0.522. The second kappa shape index (κ2) is 8.37. The fourth-order valence-electron chi connectivity index (χ4n) is 3.23. The molecule has 0 unspecified atom stereocenters. The first-order chi connectivity index (χ1) is 14.4. The molecule has 2 aromatic heterocycles. The molecule has 3 aromatic rings. The van der Waals surface area contributed by atoms with Gasteiger partial charge in [-0.2, -0.15) is 23.1 Å². The molecule has 0 aliphatic heterocycles. The van der Waals surface area contributed by atoms with Crippen molar-refractivity contribution in [3.63, 3.8) is 0 Å². The van der Waals surface area contributed by atoms with Gasteiger partial charge in [0.25, 0.3) is 5.56 Å². The maximum atomic E-state index is 13.2. The summed E-state index contributed by atoms with van der Waals surface area (Å²) >= 11 is 0. The van der Waals surface area contributed by atoms with Crippen LogP contribution in [0.4, 0.5) is 13.2 Å². The fraction of sp³-hybridized carbons (Fsp3) is 0.450. The van der Waals surface area contributed by atoms with Crippen LogP contribution in [-0.2, 0) is 19.3 Å². The predicted molar refractivity (Wildman–Crippen MR) is 103 cm³/mol. The summed E-state index contributed by atoms with van der Waals surface area (Å²) in [6.07, 6.45) is -1.07. The van der Waals surface area contributed by atoms with E-state index in [1.165, 1.54) is 4.80 Å². The van der Waals surface area contributed by atoms with E-state index >= 15 is 0 Å². The largest absolute Gasteiger partial charge is 0.421 e. The third-order valence-electron chi connectivity index (χ3n) is 5.01. The molecule has 4 rings (SSSR count). The molecule has 1 aliphatic carbocycles. The highest BCUT2D eigenvalue weighted by molar-refractivity contribution is 5.52. The van der Waals surface area contributed by atoms with Gasteiger partial charge < -0.3 is 0 Å². The van der Waals surface area contributed by atoms with E-state index in [0.717, 1.165) is 29.2 Å². The Morgan fingerprint density at radius 3 is 2.43 bits per heavy atom. The van der Waals surface area contributed by atoms with Crippen LogP contribution < -0.4 is 5.56 Å². The minimum atomic E-state index is -4.67. The van der Waals surface area contributed by atoms with Crippen LogP contribution in [-0.4, -0.2) is 30.0 Å². The van der Waals surface area contributed by atoms with Crippen molar-refractivity contribution < 1.29 is 13.2 Å². The molecule has 1 aliphatic rings. The minimum Gasteiger partial charge on any atom is -0.267 e. The van der Waals surface area contributed by atoms with Gasteiger partial charge in [0.2, 0.25) is 5.82 Å². The van der Waals surface area contributed by atoms with Crippen LogP contribution >= 0.6 is 0 Å². The van der Waals surface area contributed by atoms with Crippen LogP contribution in [0.1, 0.15) is 49.3 Å². The highest BCUT2D eigenvalue weighted by Crippen LogP contribution is 2.40. The topological polar surface area (TPSA) is 78.5 Å². The summed E-state index contributed by atoms with van der Waals surface area (Å²) in [4.78, 5) is 13.7. The van der Waals surface area contributed by atoms with Crippen molar-refractivity contribution >= 4 is 0 Å². The van der Waals surface area contributed by atoms with E-state index in [1.54, 1.807) is 0 Å². The summed E-state index contributed by atoms with van der Waals surface area (Å²) in [6, 6.07) is 10.4. The van der Waals surface area contributed by atoms with E-state index in [2.05, 4.69) is 20.5 Å². The highest BCUT2D eigenvalue weighted by atomic mass is 19.4. The van der Waals surface area contributed by atoms with Crippen molar-refractivity contribution in [1.29, 1.82) is 0 Å². The Balaban J connectivity index is 1.32. The summed E-state index contributed by atoms with van der Waals surface area (Å²) in [5, 5.41) is 16.5. The lowest BCUT2D eigenvalue weighted by molar-refractivity contribution is -0.139. The first kappa shape index (κ1) is 20.2. The summed E-state index contributed by atoms with van der Waals surface area (Å²) in [5.74, 6) is 0.582. The van der Waals surface area contributed by atoms with Crippen molar-refractivity contribution in [2.45, 2.75) is 57.3 Å². The number of benzene rings is 1. The Hall–Kier alpha value is -3.04. The lowest BCUT2D eigenvalue weighted by Crippen LogP contribution is -2.31. The van der Waals surface area contributed by atoms with E-state index in [-0.39, 0.29) is 12.5 Å². The molecule has 10 heteroatoms. The average molecular weight is 418 g/mol. The van der Waals surface area contributed by atoms with Gasteiger partial charge in [0.1, 0.15) is 5.56 Å². The standard InChI is InChI=1S/C20H21F3N6O/c21-20(22,23)16-13-17(14-9-10-14)25-28(19(16)30)11-5-2-6-12-29-26-18(24-27-29)15-7-3-1-4-8-15/h1,3-4,7-8,13-14H,2,5-6,9-12H2. The molecule has 0 N–H and O–H groups in total. The zero-order valence-electron chi connectivity index (χ0n) is 16.2. The maximum absolute atomic E-state index is 13.2. The number of hydrogen-bond donors (Lipinski definition) is 0.